The van der Waals surface area contributed by atoms with Gasteiger partial charge in [-0.3, -0.25) is 10.1 Å². The number of hydrogen-bond donors (Lipinski definition) is 2. The topological polar surface area (TPSA) is 75.1 Å². The maximum absolute atomic E-state index is 12.6. The summed E-state index contributed by atoms with van der Waals surface area (Å²) >= 11 is 0. The number of aryl methyl sites for hydroxylation is 1. The van der Waals surface area contributed by atoms with Crippen LogP contribution in [0.1, 0.15) is 53.3 Å². The first-order chi connectivity index (χ1) is 13.2. The van der Waals surface area contributed by atoms with E-state index in [1.54, 1.807) is 6.20 Å². The predicted octanol–water partition coefficient (Wildman–Crippen LogP) is 4.43. The van der Waals surface area contributed by atoms with Crippen LogP contribution in [0, 0.1) is 6.92 Å². The highest BCUT2D eigenvalue weighted by molar-refractivity contribution is 6.03. The normalized spacial score (nSPS) is 15.0. The standard InChI is InChI=1S/C21H21N5O/c1-13-5-4-8-19-22-18(12-26(13)19)20(27)25-21-23-16-10-9-15(11-17(16)24-21)14-6-2-3-7-14/h4-5,8-12,14H,2-3,6-7H2,1H3,(H2,23,24,25,27). The molecule has 0 radical (unpaired) electrons. The molecule has 1 aliphatic rings. The summed E-state index contributed by atoms with van der Waals surface area (Å²) in [5, 5.41) is 2.84. The van der Waals surface area contributed by atoms with E-state index in [4.69, 9.17) is 0 Å². The number of benzene rings is 1. The Bertz CT molecular complexity index is 1150. The van der Waals surface area contributed by atoms with Gasteiger partial charge in [0.05, 0.1) is 11.0 Å². The van der Waals surface area contributed by atoms with Gasteiger partial charge in [-0.15, -0.1) is 0 Å². The third-order valence-corrected chi connectivity index (χ3v) is 5.49. The van der Waals surface area contributed by atoms with E-state index in [0.29, 0.717) is 17.6 Å². The Balaban J connectivity index is 1.41. The van der Waals surface area contributed by atoms with Crippen molar-refractivity contribution in [3.05, 3.63) is 59.5 Å². The summed E-state index contributed by atoms with van der Waals surface area (Å²) in [5.74, 6) is 0.825. The molecule has 5 rings (SSSR count). The first kappa shape index (κ1) is 16.1. The number of pyridine rings is 1. The van der Waals surface area contributed by atoms with Crippen LogP contribution in [0.5, 0.6) is 0 Å². The minimum Gasteiger partial charge on any atom is -0.324 e. The van der Waals surface area contributed by atoms with E-state index < -0.39 is 0 Å². The first-order valence-electron chi connectivity index (χ1n) is 9.43. The summed E-state index contributed by atoms with van der Waals surface area (Å²) in [6, 6.07) is 12.2. The maximum Gasteiger partial charge on any atom is 0.278 e. The molecule has 0 atom stereocenters. The highest BCUT2D eigenvalue weighted by Gasteiger charge is 2.18. The number of aromatic amines is 1. The monoisotopic (exact) mass is 359 g/mol. The number of nitrogens with one attached hydrogen (secondary N) is 2. The largest absolute Gasteiger partial charge is 0.324 e. The lowest BCUT2D eigenvalue weighted by Crippen LogP contribution is -2.13. The van der Waals surface area contributed by atoms with Gasteiger partial charge in [-0.2, -0.15) is 0 Å². The third kappa shape index (κ3) is 2.87. The van der Waals surface area contributed by atoms with E-state index in [9.17, 15) is 4.79 Å². The van der Waals surface area contributed by atoms with Crippen molar-refractivity contribution >= 4 is 28.5 Å². The van der Waals surface area contributed by atoms with Crippen molar-refractivity contribution in [2.45, 2.75) is 38.5 Å². The predicted molar refractivity (Wildman–Crippen MR) is 105 cm³/mol. The highest BCUT2D eigenvalue weighted by Crippen LogP contribution is 2.35. The fourth-order valence-corrected chi connectivity index (χ4v) is 4.02. The average Bonchev–Trinajstić information content (AvgIpc) is 3.40. The molecule has 0 saturated heterocycles. The zero-order valence-electron chi connectivity index (χ0n) is 15.2. The Morgan fingerprint density at radius 1 is 1.19 bits per heavy atom. The Morgan fingerprint density at radius 3 is 2.85 bits per heavy atom. The molecule has 3 heterocycles. The van der Waals surface area contributed by atoms with Gasteiger partial charge in [-0.1, -0.05) is 25.0 Å². The number of hydrogen-bond acceptors (Lipinski definition) is 3. The van der Waals surface area contributed by atoms with Crippen LogP contribution >= 0.6 is 0 Å². The van der Waals surface area contributed by atoms with E-state index in [1.807, 2.05) is 29.5 Å². The molecule has 0 aliphatic heterocycles. The van der Waals surface area contributed by atoms with E-state index in [1.165, 1.54) is 31.2 Å². The van der Waals surface area contributed by atoms with E-state index in [0.717, 1.165) is 22.4 Å². The molecule has 136 valence electrons. The second-order valence-corrected chi connectivity index (χ2v) is 7.32. The quantitative estimate of drug-likeness (QED) is 0.568. The molecule has 27 heavy (non-hydrogen) atoms. The van der Waals surface area contributed by atoms with E-state index >= 15 is 0 Å². The summed E-state index contributed by atoms with van der Waals surface area (Å²) < 4.78 is 1.90. The van der Waals surface area contributed by atoms with Gasteiger partial charge < -0.3 is 9.38 Å². The number of imidazole rings is 2. The van der Waals surface area contributed by atoms with E-state index in [2.05, 4.69) is 38.5 Å². The fraction of sp³-hybridized carbons (Fsp3) is 0.286. The van der Waals surface area contributed by atoms with Crippen molar-refractivity contribution < 1.29 is 4.79 Å². The number of amides is 1. The van der Waals surface area contributed by atoms with Crippen LogP contribution < -0.4 is 5.32 Å². The first-order valence-corrected chi connectivity index (χ1v) is 9.43. The van der Waals surface area contributed by atoms with Crippen LogP contribution in [0.25, 0.3) is 16.7 Å². The number of anilines is 1. The molecule has 3 aromatic heterocycles. The minimum absolute atomic E-state index is 0.270. The second kappa shape index (κ2) is 6.23. The van der Waals surface area contributed by atoms with Gasteiger partial charge in [0.15, 0.2) is 0 Å². The van der Waals surface area contributed by atoms with Crippen LogP contribution in [0.2, 0.25) is 0 Å². The molecule has 1 aliphatic carbocycles. The molecular formula is C21H21N5O. The second-order valence-electron chi connectivity index (χ2n) is 7.32. The van der Waals surface area contributed by atoms with E-state index in [-0.39, 0.29) is 5.91 Å². The molecule has 0 spiro atoms. The van der Waals surface area contributed by atoms with Gasteiger partial charge in [-0.05, 0) is 55.5 Å². The summed E-state index contributed by atoms with van der Waals surface area (Å²) in [6.45, 7) is 1.98. The number of carbonyl (C=O) groups excluding carboxylic acids is 1. The summed E-state index contributed by atoms with van der Waals surface area (Å²) in [4.78, 5) is 24.7. The molecule has 4 aromatic rings. The molecule has 2 N–H and O–H groups in total. The number of carbonyl (C=O) groups is 1. The van der Waals surface area contributed by atoms with Crippen molar-refractivity contribution in [1.82, 2.24) is 19.4 Å². The average molecular weight is 359 g/mol. The Morgan fingerprint density at radius 2 is 2.04 bits per heavy atom. The number of fused-ring (bicyclic) bond motifs is 2. The van der Waals surface area contributed by atoms with Crippen molar-refractivity contribution in [3.8, 4) is 0 Å². The smallest absolute Gasteiger partial charge is 0.278 e. The van der Waals surface area contributed by atoms with Crippen molar-refractivity contribution in [2.24, 2.45) is 0 Å². The molecule has 1 fully saturated rings. The molecule has 6 nitrogen and oxygen atoms in total. The molecule has 6 heteroatoms. The lowest BCUT2D eigenvalue weighted by molar-refractivity contribution is 0.102. The van der Waals surface area contributed by atoms with Gasteiger partial charge in [-0.25, -0.2) is 9.97 Å². The third-order valence-electron chi connectivity index (χ3n) is 5.49. The lowest BCUT2D eigenvalue weighted by Gasteiger charge is -2.08. The van der Waals surface area contributed by atoms with Crippen LogP contribution in [0.15, 0.2) is 42.6 Å². The van der Waals surface area contributed by atoms with Gasteiger partial charge in [0.2, 0.25) is 5.95 Å². The molecule has 1 aromatic carbocycles. The van der Waals surface area contributed by atoms with Gasteiger partial charge in [0.1, 0.15) is 11.3 Å². The zero-order chi connectivity index (χ0) is 18.4. The SMILES string of the molecule is Cc1cccc2nc(C(=O)Nc3nc4cc(C5CCCC5)ccc4[nH]3)cn12. The van der Waals surface area contributed by atoms with Gasteiger partial charge in [0, 0.05) is 11.9 Å². The van der Waals surface area contributed by atoms with Gasteiger partial charge in [0.25, 0.3) is 5.91 Å². The van der Waals surface area contributed by atoms with Crippen molar-refractivity contribution in [2.75, 3.05) is 5.32 Å². The van der Waals surface area contributed by atoms with Crippen molar-refractivity contribution in [1.29, 1.82) is 0 Å². The van der Waals surface area contributed by atoms with Crippen LogP contribution in [-0.4, -0.2) is 25.3 Å². The number of rotatable bonds is 3. The zero-order valence-corrected chi connectivity index (χ0v) is 15.2. The summed E-state index contributed by atoms with van der Waals surface area (Å²) in [6.07, 6.45) is 6.88. The molecule has 1 amide bonds. The molecular weight excluding hydrogens is 338 g/mol. The van der Waals surface area contributed by atoms with Crippen molar-refractivity contribution in [3.63, 3.8) is 0 Å². The van der Waals surface area contributed by atoms with Crippen LogP contribution in [0.3, 0.4) is 0 Å². The Hall–Kier alpha value is -3.15. The molecule has 1 saturated carbocycles. The lowest BCUT2D eigenvalue weighted by atomic mass is 9.97. The molecule has 0 unspecified atom stereocenters. The number of nitrogens with zero attached hydrogens (tertiary/aromatic N) is 3. The maximum atomic E-state index is 12.6. The van der Waals surface area contributed by atoms with Gasteiger partial charge >= 0.3 is 0 Å². The number of H-pyrrole nitrogens is 1. The summed E-state index contributed by atoms with van der Waals surface area (Å²) in [5.41, 5.74) is 5.32. The number of aromatic nitrogens is 4. The Kier molecular flexibility index (Phi) is 3.70. The summed E-state index contributed by atoms with van der Waals surface area (Å²) in [7, 11) is 0. The highest BCUT2D eigenvalue weighted by atomic mass is 16.2. The van der Waals surface area contributed by atoms with Crippen LogP contribution in [0.4, 0.5) is 5.95 Å². The fourth-order valence-electron chi connectivity index (χ4n) is 4.02. The Labute approximate surface area is 156 Å². The minimum atomic E-state index is -0.270. The molecule has 0 bridgehead atoms. The van der Waals surface area contributed by atoms with Crippen LogP contribution in [-0.2, 0) is 0 Å².